The molecule has 0 saturated heterocycles. The van der Waals surface area contributed by atoms with Crippen LogP contribution in [0.2, 0.25) is 0 Å². The van der Waals surface area contributed by atoms with Crippen molar-refractivity contribution >= 4 is 30.8 Å². The molecule has 0 heterocycles. The van der Waals surface area contributed by atoms with Gasteiger partial charge in [0.05, 0.1) is 0 Å². The van der Waals surface area contributed by atoms with Crippen molar-refractivity contribution in [2.24, 2.45) is 0 Å². The van der Waals surface area contributed by atoms with Crippen LogP contribution in [0.25, 0.3) is 0 Å². The number of hydrogen-bond acceptors (Lipinski definition) is 2. The Morgan fingerprint density at radius 3 is 1.40 bits per heavy atom. The van der Waals surface area contributed by atoms with Crippen LogP contribution in [0.1, 0.15) is 0 Å². The number of rotatable bonds is 0. The van der Waals surface area contributed by atoms with Gasteiger partial charge in [0.15, 0.2) is 0 Å². The van der Waals surface area contributed by atoms with E-state index in [1.807, 2.05) is 0 Å². The van der Waals surface area contributed by atoms with E-state index < -0.39 is 11.0 Å². The van der Waals surface area contributed by atoms with E-state index >= 15 is 0 Å². The number of hydrogen-bond donors (Lipinski definition) is 2. The zero-order valence-corrected chi connectivity index (χ0v) is 2.61. The van der Waals surface area contributed by atoms with Gasteiger partial charge in [-0.3, -0.25) is 4.55 Å². The summed E-state index contributed by atoms with van der Waals surface area (Å²) in [5, 5.41) is 0. The van der Waals surface area contributed by atoms with Crippen molar-refractivity contribution in [3.05, 3.63) is 0 Å². The van der Waals surface area contributed by atoms with Gasteiger partial charge in [-0.1, -0.05) is 0 Å². The first kappa shape index (κ1) is 9.12. The first-order valence-electron chi connectivity index (χ1n) is 0.565. The van der Waals surface area contributed by atoms with Crippen molar-refractivity contribution in [2.45, 2.75) is 0 Å². The van der Waals surface area contributed by atoms with Crippen LogP contribution >= 0.6 is 0 Å². The zero-order valence-electron chi connectivity index (χ0n) is 1.71. The second-order valence-corrected chi connectivity index (χ2v) is 0.714. The molecule has 0 aromatic heterocycles. The Balaban J connectivity index is 0. The van der Waals surface area contributed by atoms with Gasteiger partial charge < -0.3 is 0 Å². The predicted molar refractivity (Wildman–Crippen MR) is 22.9 cm³/mol. The van der Waals surface area contributed by atoms with Gasteiger partial charge in [0.2, 0.25) is 0 Å². The molecule has 5 heteroatoms. The van der Waals surface area contributed by atoms with Crippen LogP contribution in [0.15, 0.2) is 0 Å². The summed E-state index contributed by atoms with van der Waals surface area (Å²) in [7, 11) is -3.12. The van der Waals surface area contributed by atoms with Crippen LogP contribution in [0, 0.1) is 0 Å². The van der Waals surface area contributed by atoms with Gasteiger partial charge in [-0.15, -0.1) is 0 Å². The van der Waals surface area contributed by atoms with E-state index in [-0.39, 0.29) is 19.8 Å². The molecule has 1 N–H and O–H groups in total. The molecule has 0 rings (SSSR count). The third-order valence-corrected chi connectivity index (χ3v) is 0. The monoisotopic (exact) mass is 154 g/mol. The first-order valence-corrected chi connectivity index (χ1v) is 1.70. The Morgan fingerprint density at radius 1 is 1.40 bits per heavy atom. The van der Waals surface area contributed by atoms with Crippen LogP contribution in [0.5, 0.6) is 0 Å². The molecule has 0 aromatic rings. The molecular formula is H5GaO3S. The van der Waals surface area contributed by atoms with Crippen molar-refractivity contribution in [1.82, 2.24) is 0 Å². The average Bonchev–Trinajstić information content (AvgIpc) is 0.811. The molecule has 0 atom stereocenters. The molecule has 0 aliphatic rings. The molecule has 0 aliphatic heterocycles. The molecule has 0 amide bonds. The van der Waals surface area contributed by atoms with Gasteiger partial charge in [0.1, 0.15) is 0 Å². The Kier molecular flexibility index (Phi) is 8.29. The summed E-state index contributed by atoms with van der Waals surface area (Å²) in [4.78, 5) is 0. The standard InChI is InChI=1S/Ga.H2O3S.3H/c;1-4(2)3;;;/h;4H,(H,1,2,3);;;. The maximum atomic E-state index is 8.59. The van der Waals surface area contributed by atoms with Crippen molar-refractivity contribution in [2.75, 3.05) is 0 Å². The van der Waals surface area contributed by atoms with Gasteiger partial charge >= 0.3 is 19.8 Å². The van der Waals surface area contributed by atoms with E-state index in [1.54, 1.807) is 0 Å². The summed E-state index contributed by atoms with van der Waals surface area (Å²) in [6.45, 7) is 0. The molecule has 0 radical (unpaired) electrons. The third-order valence-electron chi connectivity index (χ3n) is 0. The van der Waals surface area contributed by atoms with E-state index in [2.05, 4.69) is 0 Å². The van der Waals surface area contributed by atoms with Crippen LogP contribution in [-0.2, 0) is 11.0 Å². The summed E-state index contributed by atoms with van der Waals surface area (Å²) in [6, 6.07) is 0. The van der Waals surface area contributed by atoms with Gasteiger partial charge in [0.25, 0.3) is 11.0 Å². The Bertz CT molecular complexity index is 55.3. The summed E-state index contributed by atoms with van der Waals surface area (Å²) >= 11 is 0. The van der Waals surface area contributed by atoms with Crippen LogP contribution in [-0.4, -0.2) is 32.8 Å². The fraction of sp³-hybridized carbons (Fsp3) is 0. The van der Waals surface area contributed by atoms with E-state index in [9.17, 15) is 0 Å². The van der Waals surface area contributed by atoms with E-state index in [4.69, 9.17) is 13.0 Å². The molecule has 0 aliphatic carbocycles. The van der Waals surface area contributed by atoms with Crippen LogP contribution in [0.4, 0.5) is 0 Å². The number of thiol groups is 1. The van der Waals surface area contributed by atoms with Crippen molar-refractivity contribution < 1.29 is 13.0 Å². The van der Waals surface area contributed by atoms with E-state index in [0.29, 0.717) is 0 Å². The van der Waals surface area contributed by atoms with Crippen molar-refractivity contribution in [3.8, 4) is 0 Å². The topological polar surface area (TPSA) is 54.4 Å². The van der Waals surface area contributed by atoms with Gasteiger partial charge in [0, 0.05) is 0 Å². The summed E-state index contributed by atoms with van der Waals surface area (Å²) < 4.78 is 24.2. The molecule has 0 aromatic carbocycles. The molecule has 0 saturated carbocycles. The second-order valence-electron chi connectivity index (χ2n) is 0.238. The molecular weight excluding hydrogens is 150 g/mol. The van der Waals surface area contributed by atoms with Gasteiger partial charge in [-0.25, -0.2) is 8.42 Å². The summed E-state index contributed by atoms with van der Waals surface area (Å²) in [5.74, 6) is 0. The molecule has 0 unspecified atom stereocenters. The van der Waals surface area contributed by atoms with E-state index in [0.717, 1.165) is 0 Å². The average molecular weight is 155 g/mol. The summed E-state index contributed by atoms with van der Waals surface area (Å²) in [5.41, 5.74) is 0. The predicted octanol–water partition coefficient (Wildman–Crippen LogP) is -2.11. The first-order chi connectivity index (χ1) is 1.73. The van der Waals surface area contributed by atoms with Crippen LogP contribution < -0.4 is 0 Å². The fourth-order valence-electron chi connectivity index (χ4n) is 0. The molecule has 3 nitrogen and oxygen atoms in total. The molecule has 0 fully saturated rings. The van der Waals surface area contributed by atoms with Gasteiger partial charge in [-0.05, 0) is 0 Å². The molecule has 5 heavy (non-hydrogen) atoms. The normalized spacial score (nSPS) is 6.80. The Hall–Kier alpha value is 0.546. The molecule has 0 bridgehead atoms. The summed E-state index contributed by atoms with van der Waals surface area (Å²) in [6.07, 6.45) is 0. The minimum absolute atomic E-state index is 0. The quantitative estimate of drug-likeness (QED) is 0.239. The fourth-order valence-corrected chi connectivity index (χ4v) is 0. The third kappa shape index (κ3) is 98.8. The van der Waals surface area contributed by atoms with Crippen molar-refractivity contribution in [1.29, 1.82) is 0 Å². The second kappa shape index (κ2) is 4.55. The zero-order chi connectivity index (χ0) is 3.58. The Morgan fingerprint density at radius 2 is 1.40 bits per heavy atom. The SMILES string of the molecule is O=[SH](=O)O.[GaH3]. The molecule has 0 spiro atoms. The van der Waals surface area contributed by atoms with E-state index in [1.165, 1.54) is 0 Å². The molecule has 32 valence electrons. The Labute approximate surface area is 44.2 Å². The van der Waals surface area contributed by atoms with Gasteiger partial charge in [-0.2, -0.15) is 0 Å². The maximum absolute atomic E-state index is 8.59. The van der Waals surface area contributed by atoms with Crippen molar-refractivity contribution in [3.63, 3.8) is 0 Å². The van der Waals surface area contributed by atoms with Crippen LogP contribution in [0.3, 0.4) is 0 Å². The minimum atomic E-state index is -3.12.